The summed E-state index contributed by atoms with van der Waals surface area (Å²) in [5, 5.41) is 10.2. The molecule has 0 saturated heterocycles. The van der Waals surface area contributed by atoms with Crippen molar-refractivity contribution in [2.24, 2.45) is 0 Å². The molecule has 0 bridgehead atoms. The van der Waals surface area contributed by atoms with Crippen LogP contribution in [0.15, 0.2) is 42.5 Å². The predicted octanol–water partition coefficient (Wildman–Crippen LogP) is 3.79. The van der Waals surface area contributed by atoms with Crippen LogP contribution in [0.1, 0.15) is 23.1 Å². The topological polar surface area (TPSA) is 23.5 Å². The van der Waals surface area contributed by atoms with E-state index < -0.39 is 0 Å². The Morgan fingerprint density at radius 1 is 1.10 bits per heavy atom. The molecular weight excluding hydrogens is 270 g/mol. The third-order valence-corrected chi connectivity index (χ3v) is 4.14. The monoisotopic (exact) mass is 287 g/mol. The summed E-state index contributed by atoms with van der Waals surface area (Å²) in [6.45, 7) is 1.92. The summed E-state index contributed by atoms with van der Waals surface area (Å²) in [6, 6.07) is 14.4. The van der Waals surface area contributed by atoms with Gasteiger partial charge in [0.25, 0.3) is 0 Å². The Bertz CT molecular complexity index is 612. The second kappa shape index (κ2) is 5.86. The van der Waals surface area contributed by atoms with E-state index >= 15 is 0 Å². The fourth-order valence-electron chi connectivity index (χ4n) is 2.90. The largest absolute Gasteiger partial charge is 0.392 e. The van der Waals surface area contributed by atoms with Gasteiger partial charge in [0, 0.05) is 29.4 Å². The van der Waals surface area contributed by atoms with Crippen molar-refractivity contribution in [3.8, 4) is 0 Å². The number of rotatable bonds is 2. The Balaban J connectivity index is 1.95. The lowest BCUT2D eigenvalue weighted by atomic mass is 10.0. The molecule has 0 unspecified atom stereocenters. The maximum Gasteiger partial charge on any atom is 0.0702 e. The van der Waals surface area contributed by atoms with Gasteiger partial charge in [-0.05, 0) is 42.2 Å². The Morgan fingerprint density at radius 2 is 1.90 bits per heavy atom. The van der Waals surface area contributed by atoms with E-state index in [1.165, 1.54) is 11.1 Å². The fraction of sp³-hybridized carbons (Fsp3) is 0.294. The van der Waals surface area contributed by atoms with Crippen molar-refractivity contribution in [2.45, 2.75) is 26.0 Å². The Labute approximate surface area is 124 Å². The van der Waals surface area contributed by atoms with Crippen LogP contribution in [0.2, 0.25) is 5.02 Å². The lowest BCUT2D eigenvalue weighted by molar-refractivity contribution is 0.282. The molecule has 0 fully saturated rings. The first kappa shape index (κ1) is 13.5. The maximum absolute atomic E-state index is 9.55. The first-order valence-electron chi connectivity index (χ1n) is 6.99. The van der Waals surface area contributed by atoms with Gasteiger partial charge in [-0.15, -0.1) is 0 Å². The highest BCUT2D eigenvalue weighted by Crippen LogP contribution is 2.28. The number of aryl methyl sites for hydroxylation is 1. The van der Waals surface area contributed by atoms with E-state index in [4.69, 9.17) is 11.6 Å². The summed E-state index contributed by atoms with van der Waals surface area (Å²) in [4.78, 5) is 2.34. The highest BCUT2D eigenvalue weighted by Gasteiger charge is 2.16. The first-order chi connectivity index (χ1) is 9.78. The zero-order chi connectivity index (χ0) is 13.9. The number of hydrogen-bond acceptors (Lipinski definition) is 2. The lowest BCUT2D eigenvalue weighted by Gasteiger charge is -2.25. The Hall–Kier alpha value is -1.51. The lowest BCUT2D eigenvalue weighted by Crippen LogP contribution is -2.23. The van der Waals surface area contributed by atoms with E-state index in [2.05, 4.69) is 29.2 Å². The van der Waals surface area contributed by atoms with Crippen molar-refractivity contribution in [3.05, 3.63) is 64.2 Å². The minimum atomic E-state index is 0.0219. The molecule has 2 aromatic carbocycles. The molecule has 0 aliphatic carbocycles. The van der Waals surface area contributed by atoms with Crippen molar-refractivity contribution in [1.82, 2.24) is 0 Å². The quantitative estimate of drug-likeness (QED) is 0.908. The number of benzene rings is 2. The van der Waals surface area contributed by atoms with E-state index in [0.29, 0.717) is 5.02 Å². The Morgan fingerprint density at radius 3 is 2.70 bits per heavy atom. The van der Waals surface area contributed by atoms with E-state index in [-0.39, 0.29) is 6.61 Å². The molecule has 0 saturated carbocycles. The highest BCUT2D eigenvalue weighted by atomic mass is 35.5. The van der Waals surface area contributed by atoms with Crippen molar-refractivity contribution in [2.75, 3.05) is 11.4 Å². The molecule has 0 amide bonds. The third kappa shape index (κ3) is 2.67. The Kier molecular flexibility index (Phi) is 3.95. The number of fused-ring (bicyclic) bond motifs is 1. The van der Waals surface area contributed by atoms with Crippen LogP contribution in [0.5, 0.6) is 0 Å². The second-order valence-corrected chi connectivity index (χ2v) is 5.66. The molecule has 1 aliphatic heterocycles. The van der Waals surface area contributed by atoms with Crippen LogP contribution in [0.4, 0.5) is 5.69 Å². The van der Waals surface area contributed by atoms with Crippen LogP contribution >= 0.6 is 11.6 Å². The van der Waals surface area contributed by atoms with Crippen LogP contribution in [0.3, 0.4) is 0 Å². The van der Waals surface area contributed by atoms with Crippen LogP contribution in [-0.2, 0) is 19.6 Å². The highest BCUT2D eigenvalue weighted by molar-refractivity contribution is 6.30. The molecule has 2 aromatic rings. The van der Waals surface area contributed by atoms with Crippen molar-refractivity contribution in [1.29, 1.82) is 0 Å². The molecule has 3 rings (SSSR count). The average Bonchev–Trinajstić information content (AvgIpc) is 2.69. The SMILES string of the molecule is OCc1cc(Cl)ccc1N1CCCc2ccccc2C1. The van der Waals surface area contributed by atoms with Gasteiger partial charge < -0.3 is 10.0 Å². The van der Waals surface area contributed by atoms with E-state index in [9.17, 15) is 5.11 Å². The van der Waals surface area contributed by atoms with Gasteiger partial charge in [0.15, 0.2) is 0 Å². The third-order valence-electron chi connectivity index (χ3n) is 3.91. The molecule has 0 radical (unpaired) electrons. The summed E-state index contributed by atoms with van der Waals surface area (Å²) in [6.07, 6.45) is 2.25. The van der Waals surface area contributed by atoms with E-state index in [0.717, 1.165) is 37.2 Å². The number of nitrogens with zero attached hydrogens (tertiary/aromatic N) is 1. The molecule has 1 heterocycles. The summed E-state index contributed by atoms with van der Waals surface area (Å²) in [7, 11) is 0. The summed E-state index contributed by atoms with van der Waals surface area (Å²) in [5.41, 5.74) is 4.81. The zero-order valence-electron chi connectivity index (χ0n) is 11.3. The maximum atomic E-state index is 9.55. The van der Waals surface area contributed by atoms with Gasteiger partial charge in [-0.3, -0.25) is 0 Å². The minimum Gasteiger partial charge on any atom is -0.392 e. The predicted molar refractivity (Wildman–Crippen MR) is 83.2 cm³/mol. The molecule has 3 heteroatoms. The number of aliphatic hydroxyl groups is 1. The molecular formula is C17H18ClNO. The molecule has 0 aromatic heterocycles. The van der Waals surface area contributed by atoms with Gasteiger partial charge in [0.2, 0.25) is 0 Å². The molecule has 20 heavy (non-hydrogen) atoms. The number of halogens is 1. The van der Waals surface area contributed by atoms with Crippen molar-refractivity contribution >= 4 is 17.3 Å². The van der Waals surface area contributed by atoms with E-state index in [1.54, 1.807) is 0 Å². The number of aliphatic hydroxyl groups excluding tert-OH is 1. The van der Waals surface area contributed by atoms with Crippen molar-refractivity contribution < 1.29 is 5.11 Å². The van der Waals surface area contributed by atoms with Crippen LogP contribution < -0.4 is 4.90 Å². The van der Waals surface area contributed by atoms with Gasteiger partial charge in [0.1, 0.15) is 0 Å². The van der Waals surface area contributed by atoms with Crippen LogP contribution in [0, 0.1) is 0 Å². The standard InChI is InChI=1S/C17H18ClNO/c18-16-7-8-17(15(10-16)12-20)19-9-3-6-13-4-1-2-5-14(13)11-19/h1-2,4-5,7-8,10,20H,3,6,9,11-12H2. The minimum absolute atomic E-state index is 0.0219. The smallest absolute Gasteiger partial charge is 0.0702 e. The molecule has 2 nitrogen and oxygen atoms in total. The van der Waals surface area contributed by atoms with Gasteiger partial charge in [-0.1, -0.05) is 35.9 Å². The summed E-state index contributed by atoms with van der Waals surface area (Å²) >= 11 is 6.02. The van der Waals surface area contributed by atoms with Crippen LogP contribution in [0.25, 0.3) is 0 Å². The fourth-order valence-corrected chi connectivity index (χ4v) is 3.09. The molecule has 1 aliphatic rings. The van der Waals surface area contributed by atoms with Gasteiger partial charge in [0.05, 0.1) is 6.61 Å². The first-order valence-corrected chi connectivity index (χ1v) is 7.37. The molecule has 1 N–H and O–H groups in total. The summed E-state index contributed by atoms with van der Waals surface area (Å²) in [5.74, 6) is 0. The van der Waals surface area contributed by atoms with Crippen molar-refractivity contribution in [3.63, 3.8) is 0 Å². The summed E-state index contributed by atoms with van der Waals surface area (Å²) < 4.78 is 0. The van der Waals surface area contributed by atoms with E-state index in [1.807, 2.05) is 18.2 Å². The molecule has 104 valence electrons. The molecule has 0 spiro atoms. The van der Waals surface area contributed by atoms with Gasteiger partial charge in [-0.2, -0.15) is 0 Å². The second-order valence-electron chi connectivity index (χ2n) is 5.22. The average molecular weight is 288 g/mol. The molecule has 0 atom stereocenters. The van der Waals surface area contributed by atoms with Crippen LogP contribution in [-0.4, -0.2) is 11.7 Å². The van der Waals surface area contributed by atoms with Gasteiger partial charge >= 0.3 is 0 Å². The van der Waals surface area contributed by atoms with Gasteiger partial charge in [-0.25, -0.2) is 0 Å². The number of hydrogen-bond donors (Lipinski definition) is 1. The normalized spacial score (nSPS) is 14.8. The zero-order valence-corrected chi connectivity index (χ0v) is 12.1. The number of anilines is 1.